The molecule has 0 radical (unpaired) electrons. The van der Waals surface area contributed by atoms with Gasteiger partial charge in [0.15, 0.2) is 0 Å². The van der Waals surface area contributed by atoms with E-state index in [1.807, 2.05) is 0 Å². The lowest BCUT2D eigenvalue weighted by Gasteiger charge is -2.20. The monoisotopic (exact) mass is 205 g/mol. The normalized spacial score (nSPS) is 21.2. The minimum absolute atomic E-state index is 0.136. The SMILES string of the molecule is O=C1CCC(c2cccc(O)c2)C(=O)N1. The molecule has 1 aliphatic heterocycles. The van der Waals surface area contributed by atoms with Crippen LogP contribution in [0.25, 0.3) is 0 Å². The topological polar surface area (TPSA) is 66.4 Å². The fourth-order valence-corrected chi connectivity index (χ4v) is 1.75. The van der Waals surface area contributed by atoms with E-state index >= 15 is 0 Å². The molecular weight excluding hydrogens is 194 g/mol. The Labute approximate surface area is 86.9 Å². The molecule has 1 aliphatic rings. The molecule has 0 aliphatic carbocycles. The lowest BCUT2D eigenvalue weighted by atomic mass is 9.90. The lowest BCUT2D eigenvalue weighted by Crippen LogP contribution is -2.39. The van der Waals surface area contributed by atoms with Gasteiger partial charge in [0.05, 0.1) is 5.92 Å². The summed E-state index contributed by atoms with van der Waals surface area (Å²) in [5.74, 6) is -0.694. The molecule has 0 aromatic heterocycles. The van der Waals surface area contributed by atoms with Crippen LogP contribution in [0.1, 0.15) is 24.3 Å². The van der Waals surface area contributed by atoms with Gasteiger partial charge in [-0.3, -0.25) is 14.9 Å². The summed E-state index contributed by atoms with van der Waals surface area (Å²) in [7, 11) is 0. The average Bonchev–Trinajstić information content (AvgIpc) is 2.17. The zero-order valence-corrected chi connectivity index (χ0v) is 8.06. The fourth-order valence-electron chi connectivity index (χ4n) is 1.75. The van der Waals surface area contributed by atoms with Crippen molar-refractivity contribution in [3.05, 3.63) is 29.8 Å². The fraction of sp³-hybridized carbons (Fsp3) is 0.273. The van der Waals surface area contributed by atoms with Crippen LogP contribution >= 0.6 is 0 Å². The van der Waals surface area contributed by atoms with Crippen LogP contribution < -0.4 is 5.32 Å². The number of carbonyl (C=O) groups is 2. The number of phenols is 1. The summed E-state index contributed by atoms with van der Waals surface area (Å²) >= 11 is 0. The van der Waals surface area contributed by atoms with Crippen LogP contribution in [0.3, 0.4) is 0 Å². The van der Waals surface area contributed by atoms with E-state index in [1.54, 1.807) is 24.3 Å². The maximum Gasteiger partial charge on any atom is 0.234 e. The number of rotatable bonds is 1. The number of carbonyl (C=O) groups excluding carboxylic acids is 2. The van der Waals surface area contributed by atoms with Crippen LogP contribution in [0, 0.1) is 0 Å². The van der Waals surface area contributed by atoms with Crippen LogP contribution in [0.5, 0.6) is 5.75 Å². The van der Waals surface area contributed by atoms with Gasteiger partial charge < -0.3 is 5.11 Å². The summed E-state index contributed by atoms with van der Waals surface area (Å²) in [4.78, 5) is 22.4. The Kier molecular flexibility index (Phi) is 2.41. The molecule has 2 amide bonds. The van der Waals surface area contributed by atoms with E-state index in [4.69, 9.17) is 0 Å². The standard InChI is InChI=1S/C11H11NO3/c13-8-3-1-2-7(6-8)9-4-5-10(14)12-11(9)15/h1-3,6,9,13H,4-5H2,(H,12,14,15). The van der Waals surface area contributed by atoms with Crippen LogP contribution in [-0.4, -0.2) is 16.9 Å². The third-order valence-corrected chi connectivity index (χ3v) is 2.51. The second kappa shape index (κ2) is 3.73. The molecule has 15 heavy (non-hydrogen) atoms. The van der Waals surface area contributed by atoms with Gasteiger partial charge in [0.25, 0.3) is 0 Å². The molecule has 0 spiro atoms. The van der Waals surface area contributed by atoms with Gasteiger partial charge in [-0.25, -0.2) is 0 Å². The number of hydrogen-bond acceptors (Lipinski definition) is 3. The number of imide groups is 1. The number of phenolic OH excluding ortho intramolecular Hbond substituents is 1. The smallest absolute Gasteiger partial charge is 0.234 e. The highest BCUT2D eigenvalue weighted by Gasteiger charge is 2.27. The quantitative estimate of drug-likeness (QED) is 0.670. The van der Waals surface area contributed by atoms with Crippen molar-refractivity contribution >= 4 is 11.8 Å². The minimum Gasteiger partial charge on any atom is -0.508 e. The Hall–Kier alpha value is -1.84. The van der Waals surface area contributed by atoms with Gasteiger partial charge in [0.2, 0.25) is 11.8 Å². The summed E-state index contributed by atoms with van der Waals surface area (Å²) in [6.45, 7) is 0. The van der Waals surface area contributed by atoms with Crippen LogP contribution in [0.15, 0.2) is 24.3 Å². The highest BCUT2D eigenvalue weighted by Crippen LogP contribution is 2.26. The lowest BCUT2D eigenvalue weighted by molar-refractivity contribution is -0.134. The third kappa shape index (κ3) is 1.98. The van der Waals surface area contributed by atoms with Gasteiger partial charge >= 0.3 is 0 Å². The maximum absolute atomic E-state index is 11.5. The predicted octanol–water partition coefficient (Wildman–Crippen LogP) is 0.912. The first-order chi connectivity index (χ1) is 7.16. The van der Waals surface area contributed by atoms with E-state index in [-0.39, 0.29) is 23.5 Å². The average molecular weight is 205 g/mol. The number of amides is 2. The van der Waals surface area contributed by atoms with E-state index in [2.05, 4.69) is 5.32 Å². The molecule has 2 N–H and O–H groups in total. The van der Waals surface area contributed by atoms with E-state index in [1.165, 1.54) is 0 Å². The van der Waals surface area contributed by atoms with Gasteiger partial charge in [-0.15, -0.1) is 0 Å². The van der Waals surface area contributed by atoms with Crippen molar-refractivity contribution in [3.8, 4) is 5.75 Å². The third-order valence-electron chi connectivity index (χ3n) is 2.51. The highest BCUT2D eigenvalue weighted by atomic mass is 16.3. The molecule has 2 rings (SSSR count). The molecular formula is C11H11NO3. The largest absolute Gasteiger partial charge is 0.508 e. The van der Waals surface area contributed by atoms with Gasteiger partial charge in [0.1, 0.15) is 5.75 Å². The second-order valence-corrected chi connectivity index (χ2v) is 3.60. The summed E-state index contributed by atoms with van der Waals surface area (Å²) in [5, 5.41) is 11.6. The van der Waals surface area contributed by atoms with E-state index < -0.39 is 0 Å². The Morgan fingerprint density at radius 2 is 2.13 bits per heavy atom. The highest BCUT2D eigenvalue weighted by molar-refractivity contribution is 6.00. The van der Waals surface area contributed by atoms with Crippen molar-refractivity contribution < 1.29 is 14.7 Å². The van der Waals surface area contributed by atoms with Crippen LogP contribution in [0.4, 0.5) is 0 Å². The molecule has 4 nitrogen and oxygen atoms in total. The first kappa shape index (κ1) is 9.71. The van der Waals surface area contributed by atoms with Gasteiger partial charge in [-0.1, -0.05) is 12.1 Å². The molecule has 4 heteroatoms. The molecule has 1 heterocycles. The number of nitrogens with one attached hydrogen (secondary N) is 1. The van der Waals surface area contributed by atoms with Crippen molar-refractivity contribution in [2.75, 3.05) is 0 Å². The second-order valence-electron chi connectivity index (χ2n) is 3.60. The Balaban J connectivity index is 2.24. The first-order valence-electron chi connectivity index (χ1n) is 4.79. The maximum atomic E-state index is 11.5. The molecule has 1 unspecified atom stereocenters. The van der Waals surface area contributed by atoms with Crippen LogP contribution in [-0.2, 0) is 9.59 Å². The summed E-state index contributed by atoms with van der Waals surface area (Å²) in [6, 6.07) is 6.57. The molecule has 78 valence electrons. The summed E-state index contributed by atoms with van der Waals surface area (Å²) in [6.07, 6.45) is 0.861. The summed E-state index contributed by atoms with van der Waals surface area (Å²) in [5.41, 5.74) is 0.750. The van der Waals surface area contributed by atoms with Gasteiger partial charge in [0, 0.05) is 6.42 Å². The van der Waals surface area contributed by atoms with Crippen molar-refractivity contribution in [2.45, 2.75) is 18.8 Å². The number of benzene rings is 1. The molecule has 1 fully saturated rings. The summed E-state index contributed by atoms with van der Waals surface area (Å²) < 4.78 is 0. The first-order valence-corrected chi connectivity index (χ1v) is 4.79. The molecule has 1 aromatic rings. The minimum atomic E-state index is -0.324. The Bertz CT molecular complexity index is 414. The van der Waals surface area contributed by atoms with Crippen molar-refractivity contribution in [2.24, 2.45) is 0 Å². The molecule has 1 aromatic carbocycles. The number of aromatic hydroxyl groups is 1. The number of hydrogen-bond donors (Lipinski definition) is 2. The molecule has 0 bridgehead atoms. The Morgan fingerprint density at radius 1 is 1.33 bits per heavy atom. The number of piperidine rings is 1. The van der Waals surface area contributed by atoms with Gasteiger partial charge in [-0.2, -0.15) is 0 Å². The molecule has 0 saturated carbocycles. The zero-order chi connectivity index (χ0) is 10.8. The molecule has 1 atom stereocenters. The van der Waals surface area contributed by atoms with Crippen molar-refractivity contribution in [1.82, 2.24) is 5.32 Å². The van der Waals surface area contributed by atoms with Crippen molar-refractivity contribution in [3.63, 3.8) is 0 Å². The molecule has 1 saturated heterocycles. The van der Waals surface area contributed by atoms with Crippen LogP contribution in [0.2, 0.25) is 0 Å². The van der Waals surface area contributed by atoms with E-state index in [0.717, 1.165) is 5.56 Å². The zero-order valence-electron chi connectivity index (χ0n) is 8.06. The Morgan fingerprint density at radius 3 is 2.80 bits per heavy atom. The predicted molar refractivity (Wildman–Crippen MR) is 53.2 cm³/mol. The van der Waals surface area contributed by atoms with Crippen molar-refractivity contribution in [1.29, 1.82) is 0 Å². The van der Waals surface area contributed by atoms with E-state index in [0.29, 0.717) is 12.8 Å². The van der Waals surface area contributed by atoms with E-state index in [9.17, 15) is 14.7 Å². The van der Waals surface area contributed by atoms with Gasteiger partial charge in [-0.05, 0) is 24.1 Å².